The second-order valence-corrected chi connectivity index (χ2v) is 9.33. The third-order valence-electron chi connectivity index (χ3n) is 4.63. The maximum Gasteiger partial charge on any atom is 0.238 e. The van der Waals surface area contributed by atoms with Crippen LogP contribution in [0, 0.1) is 0 Å². The van der Waals surface area contributed by atoms with Crippen molar-refractivity contribution < 1.29 is 22.7 Å². The van der Waals surface area contributed by atoms with Gasteiger partial charge in [0, 0.05) is 12.1 Å². The number of carbonyl (C=O) groups is 1. The number of methoxy groups -OCH3 is 2. The second-order valence-electron chi connectivity index (χ2n) is 6.82. The second kappa shape index (κ2) is 10.6. The molecule has 0 aliphatic carbocycles. The standard InChI is InChI=1S/C20H24N6O5S2/c1-30-16-8-5-14(11-17(16)31-2)19-24-25-20(26(19)21)32-12-18(27)23-10-9-13-3-6-15(7-4-13)33(22,28)29/h3-8,11H,9-10,12,21H2,1-2H3,(H,23,27)(H2,22,28,29). The van der Waals surface area contributed by atoms with Crippen LogP contribution in [-0.2, 0) is 21.2 Å². The van der Waals surface area contributed by atoms with Crippen LogP contribution < -0.4 is 25.8 Å². The van der Waals surface area contributed by atoms with Crippen molar-refractivity contribution >= 4 is 27.7 Å². The van der Waals surface area contributed by atoms with Gasteiger partial charge in [0.05, 0.1) is 24.9 Å². The van der Waals surface area contributed by atoms with E-state index in [-0.39, 0.29) is 16.6 Å². The summed E-state index contributed by atoms with van der Waals surface area (Å²) in [5.74, 6) is 7.55. The zero-order valence-electron chi connectivity index (χ0n) is 18.0. The summed E-state index contributed by atoms with van der Waals surface area (Å²) in [4.78, 5) is 12.2. The zero-order valence-corrected chi connectivity index (χ0v) is 19.6. The molecule has 0 unspecified atom stereocenters. The molecule has 176 valence electrons. The van der Waals surface area contributed by atoms with Gasteiger partial charge < -0.3 is 20.6 Å². The average Bonchev–Trinajstić information content (AvgIpc) is 3.17. The Kier molecular flexibility index (Phi) is 7.79. The molecule has 0 saturated carbocycles. The minimum absolute atomic E-state index is 0.0463. The highest BCUT2D eigenvalue weighted by molar-refractivity contribution is 7.99. The van der Waals surface area contributed by atoms with Crippen molar-refractivity contribution in [2.75, 3.05) is 32.4 Å². The van der Waals surface area contributed by atoms with E-state index in [1.807, 2.05) is 0 Å². The monoisotopic (exact) mass is 492 g/mol. The van der Waals surface area contributed by atoms with Crippen molar-refractivity contribution in [2.24, 2.45) is 5.14 Å². The number of carbonyl (C=O) groups excluding carboxylic acids is 1. The molecule has 0 saturated heterocycles. The molecule has 0 fully saturated rings. The molecule has 1 heterocycles. The molecule has 3 rings (SSSR count). The van der Waals surface area contributed by atoms with Gasteiger partial charge in [0.2, 0.25) is 21.1 Å². The van der Waals surface area contributed by atoms with E-state index in [0.717, 1.165) is 17.3 Å². The van der Waals surface area contributed by atoms with E-state index in [9.17, 15) is 13.2 Å². The first-order valence-corrected chi connectivity index (χ1v) is 12.2. The molecule has 1 aromatic heterocycles. The number of sulfonamides is 1. The summed E-state index contributed by atoms with van der Waals surface area (Å²) in [6.45, 7) is 0.389. The lowest BCUT2D eigenvalue weighted by molar-refractivity contribution is -0.118. The minimum atomic E-state index is -3.72. The molecular weight excluding hydrogens is 468 g/mol. The lowest BCUT2D eigenvalue weighted by Crippen LogP contribution is -2.27. The summed E-state index contributed by atoms with van der Waals surface area (Å²) in [5.41, 5.74) is 1.56. The summed E-state index contributed by atoms with van der Waals surface area (Å²) in [5, 5.41) is 16.4. The van der Waals surface area contributed by atoms with Gasteiger partial charge in [-0.25, -0.2) is 18.2 Å². The van der Waals surface area contributed by atoms with Crippen molar-refractivity contribution in [1.82, 2.24) is 20.2 Å². The van der Waals surface area contributed by atoms with Crippen molar-refractivity contribution in [2.45, 2.75) is 16.5 Å². The number of hydrogen-bond acceptors (Lipinski definition) is 9. The zero-order chi connectivity index (χ0) is 24.0. The third kappa shape index (κ3) is 6.15. The third-order valence-corrected chi connectivity index (χ3v) is 6.50. The topological polar surface area (TPSA) is 164 Å². The highest BCUT2D eigenvalue weighted by atomic mass is 32.2. The fourth-order valence-corrected chi connectivity index (χ4v) is 4.12. The van der Waals surface area contributed by atoms with E-state index in [4.69, 9.17) is 20.5 Å². The van der Waals surface area contributed by atoms with Gasteiger partial charge in [-0.05, 0) is 42.3 Å². The number of primary sulfonamides is 1. The van der Waals surface area contributed by atoms with Crippen molar-refractivity contribution in [1.29, 1.82) is 0 Å². The van der Waals surface area contributed by atoms with Crippen LogP contribution in [-0.4, -0.2) is 55.7 Å². The van der Waals surface area contributed by atoms with E-state index in [1.165, 1.54) is 23.9 Å². The first-order valence-electron chi connectivity index (χ1n) is 9.67. The number of nitrogens with zero attached hydrogens (tertiary/aromatic N) is 3. The fraction of sp³-hybridized carbons (Fsp3) is 0.250. The van der Waals surface area contributed by atoms with Crippen LogP contribution in [0.15, 0.2) is 52.5 Å². The van der Waals surface area contributed by atoms with E-state index in [0.29, 0.717) is 41.0 Å². The van der Waals surface area contributed by atoms with Gasteiger partial charge in [-0.3, -0.25) is 4.79 Å². The summed E-state index contributed by atoms with van der Waals surface area (Å²) in [6, 6.07) is 11.5. The molecular formula is C20H24N6O5S2. The van der Waals surface area contributed by atoms with Crippen LogP contribution in [0.5, 0.6) is 11.5 Å². The molecule has 33 heavy (non-hydrogen) atoms. The first-order chi connectivity index (χ1) is 15.7. The summed E-state index contributed by atoms with van der Waals surface area (Å²) in [6.07, 6.45) is 0.540. The fourth-order valence-electron chi connectivity index (χ4n) is 2.92. The molecule has 1 amide bonds. The SMILES string of the molecule is COc1ccc(-c2nnc(SCC(=O)NCCc3ccc(S(N)(=O)=O)cc3)n2N)cc1OC. The molecule has 13 heteroatoms. The number of aromatic nitrogens is 3. The Bertz CT molecular complexity index is 1230. The van der Waals surface area contributed by atoms with Crippen LogP contribution in [0.1, 0.15) is 5.56 Å². The number of thioether (sulfide) groups is 1. The smallest absolute Gasteiger partial charge is 0.238 e. The Labute approximate surface area is 195 Å². The van der Waals surface area contributed by atoms with Gasteiger partial charge in [0.1, 0.15) is 0 Å². The summed E-state index contributed by atoms with van der Waals surface area (Å²) >= 11 is 1.15. The van der Waals surface area contributed by atoms with E-state index < -0.39 is 10.0 Å². The number of nitrogens with one attached hydrogen (secondary N) is 1. The maximum absolute atomic E-state index is 12.2. The van der Waals surface area contributed by atoms with Gasteiger partial charge in [0.15, 0.2) is 17.3 Å². The van der Waals surface area contributed by atoms with E-state index in [2.05, 4.69) is 15.5 Å². The molecule has 0 aliphatic rings. The summed E-state index contributed by atoms with van der Waals surface area (Å²) in [7, 11) is -0.637. The van der Waals surface area contributed by atoms with Gasteiger partial charge in [0.25, 0.3) is 0 Å². The van der Waals surface area contributed by atoms with Crippen molar-refractivity contribution in [3.63, 3.8) is 0 Å². The largest absolute Gasteiger partial charge is 0.493 e. The Morgan fingerprint density at radius 1 is 1.09 bits per heavy atom. The van der Waals surface area contributed by atoms with Crippen LogP contribution >= 0.6 is 11.8 Å². The van der Waals surface area contributed by atoms with Gasteiger partial charge in [-0.15, -0.1) is 10.2 Å². The number of benzene rings is 2. The highest BCUT2D eigenvalue weighted by Gasteiger charge is 2.16. The Morgan fingerprint density at radius 3 is 2.42 bits per heavy atom. The number of rotatable bonds is 10. The number of hydrogen-bond donors (Lipinski definition) is 3. The average molecular weight is 493 g/mol. The molecule has 11 nitrogen and oxygen atoms in total. The maximum atomic E-state index is 12.2. The van der Waals surface area contributed by atoms with Crippen LogP contribution in [0.2, 0.25) is 0 Å². The lowest BCUT2D eigenvalue weighted by atomic mass is 10.1. The quantitative estimate of drug-likeness (QED) is 0.274. The predicted molar refractivity (Wildman–Crippen MR) is 124 cm³/mol. The van der Waals surface area contributed by atoms with E-state index in [1.54, 1.807) is 37.4 Å². The Balaban J connectivity index is 1.52. The van der Waals surface area contributed by atoms with Gasteiger partial charge in [-0.2, -0.15) is 0 Å². The van der Waals surface area contributed by atoms with Crippen molar-refractivity contribution in [3.05, 3.63) is 48.0 Å². The molecule has 2 aromatic carbocycles. The first kappa shape index (κ1) is 24.4. The molecule has 0 radical (unpaired) electrons. The van der Waals surface area contributed by atoms with Crippen LogP contribution in [0.3, 0.4) is 0 Å². The molecule has 3 aromatic rings. The minimum Gasteiger partial charge on any atom is -0.493 e. The van der Waals surface area contributed by atoms with E-state index >= 15 is 0 Å². The van der Waals surface area contributed by atoms with Gasteiger partial charge in [-0.1, -0.05) is 23.9 Å². The Morgan fingerprint density at radius 2 is 1.79 bits per heavy atom. The number of ether oxygens (including phenoxy) is 2. The lowest BCUT2D eigenvalue weighted by Gasteiger charge is -2.09. The Hall–Kier alpha value is -3.29. The molecule has 0 aliphatic heterocycles. The van der Waals surface area contributed by atoms with Crippen molar-refractivity contribution in [3.8, 4) is 22.9 Å². The number of amides is 1. The van der Waals surface area contributed by atoms with Crippen LogP contribution in [0.25, 0.3) is 11.4 Å². The highest BCUT2D eigenvalue weighted by Crippen LogP contribution is 2.32. The number of nitrogens with two attached hydrogens (primary N) is 2. The van der Waals surface area contributed by atoms with Gasteiger partial charge >= 0.3 is 0 Å². The molecule has 0 bridgehead atoms. The normalized spacial score (nSPS) is 11.2. The molecule has 0 atom stereocenters. The predicted octanol–water partition coefficient (Wildman–Crippen LogP) is 0.775. The molecule has 0 spiro atoms. The van der Waals surface area contributed by atoms with Crippen LogP contribution in [0.4, 0.5) is 0 Å². The number of nitrogen functional groups attached to an aromatic ring is 1. The summed E-state index contributed by atoms with van der Waals surface area (Å²) < 4.78 is 34.4. The molecule has 5 N–H and O–H groups in total.